The second kappa shape index (κ2) is 8.07. The molecule has 1 amide bonds. The van der Waals surface area contributed by atoms with Crippen molar-refractivity contribution in [2.24, 2.45) is 0 Å². The van der Waals surface area contributed by atoms with Gasteiger partial charge in [-0.2, -0.15) is 0 Å². The fourth-order valence-corrected chi connectivity index (χ4v) is 3.27. The molecule has 0 saturated carbocycles. The summed E-state index contributed by atoms with van der Waals surface area (Å²) in [6.45, 7) is 2.01. The maximum atomic E-state index is 12.8. The zero-order valence-electron chi connectivity index (χ0n) is 15.4. The molecular formula is C22H16Cl2N4O. The number of hydrogen-bond acceptors (Lipinski definition) is 3. The zero-order chi connectivity index (χ0) is 20.4. The first kappa shape index (κ1) is 19.2. The molecule has 29 heavy (non-hydrogen) atoms. The lowest BCUT2D eigenvalue weighted by Gasteiger charge is -2.06. The Labute approximate surface area is 177 Å². The van der Waals surface area contributed by atoms with Gasteiger partial charge in [0.1, 0.15) is 0 Å². The summed E-state index contributed by atoms with van der Waals surface area (Å²) in [5, 5.41) is 8.01. The Kier molecular flexibility index (Phi) is 5.34. The van der Waals surface area contributed by atoms with Crippen LogP contribution in [0.4, 0.5) is 5.69 Å². The van der Waals surface area contributed by atoms with Crippen LogP contribution in [0.25, 0.3) is 17.1 Å². The van der Waals surface area contributed by atoms with Crippen molar-refractivity contribution in [1.82, 2.24) is 14.8 Å². The maximum absolute atomic E-state index is 12.8. The molecule has 1 heterocycles. The van der Waals surface area contributed by atoms with Crippen LogP contribution in [0.5, 0.6) is 0 Å². The number of aryl methyl sites for hydroxylation is 1. The van der Waals surface area contributed by atoms with Crippen molar-refractivity contribution in [3.8, 4) is 17.1 Å². The van der Waals surface area contributed by atoms with E-state index in [1.54, 1.807) is 22.9 Å². The number of nitrogens with one attached hydrogen (secondary N) is 1. The van der Waals surface area contributed by atoms with Gasteiger partial charge >= 0.3 is 0 Å². The lowest BCUT2D eigenvalue weighted by molar-refractivity contribution is 0.101. The fraction of sp³-hybridized carbons (Fsp3) is 0.0455. The summed E-state index contributed by atoms with van der Waals surface area (Å²) < 4.78 is 1.66. The van der Waals surface area contributed by atoms with Crippen LogP contribution in [0.2, 0.25) is 10.0 Å². The van der Waals surface area contributed by atoms with E-state index in [-0.39, 0.29) is 5.82 Å². The van der Waals surface area contributed by atoms with Crippen LogP contribution < -0.4 is 5.32 Å². The van der Waals surface area contributed by atoms with Gasteiger partial charge in [-0.15, -0.1) is 5.10 Å². The first-order valence-electron chi connectivity index (χ1n) is 8.87. The van der Waals surface area contributed by atoms with Crippen molar-refractivity contribution in [3.05, 3.63) is 94.2 Å². The third-order valence-electron chi connectivity index (χ3n) is 4.30. The van der Waals surface area contributed by atoms with Gasteiger partial charge < -0.3 is 5.32 Å². The largest absolute Gasteiger partial charge is 0.318 e. The molecule has 144 valence electrons. The molecule has 3 aromatic carbocycles. The maximum Gasteiger partial charge on any atom is 0.295 e. The van der Waals surface area contributed by atoms with E-state index in [2.05, 4.69) is 15.4 Å². The monoisotopic (exact) mass is 422 g/mol. The highest BCUT2D eigenvalue weighted by Gasteiger charge is 2.19. The molecule has 0 spiro atoms. The van der Waals surface area contributed by atoms with Crippen molar-refractivity contribution in [1.29, 1.82) is 0 Å². The standard InChI is InChI=1S/C22H16Cl2N4O/c1-14-7-9-15(10-8-14)21-26-20(27-28(21)17-5-3-2-4-6-17)22(29)25-19-12-11-16(23)13-18(19)24/h2-13H,1H3,(H,25,29). The summed E-state index contributed by atoms with van der Waals surface area (Å²) in [6.07, 6.45) is 0. The number of carbonyl (C=O) groups excluding carboxylic acids is 1. The molecule has 1 aromatic heterocycles. The molecule has 0 atom stereocenters. The highest BCUT2D eigenvalue weighted by molar-refractivity contribution is 6.36. The Morgan fingerprint density at radius 1 is 0.966 bits per heavy atom. The number of aromatic nitrogens is 3. The third kappa shape index (κ3) is 4.16. The van der Waals surface area contributed by atoms with Gasteiger partial charge in [-0.3, -0.25) is 4.79 Å². The van der Waals surface area contributed by atoms with Gasteiger partial charge in [0.05, 0.1) is 16.4 Å². The smallest absolute Gasteiger partial charge is 0.295 e. The van der Waals surface area contributed by atoms with E-state index in [1.807, 2.05) is 61.5 Å². The number of rotatable bonds is 4. The molecule has 1 N–H and O–H groups in total. The molecule has 0 fully saturated rings. The molecular weight excluding hydrogens is 407 g/mol. The third-order valence-corrected chi connectivity index (χ3v) is 4.85. The first-order chi connectivity index (χ1) is 14.0. The average molecular weight is 423 g/mol. The Morgan fingerprint density at radius 3 is 2.38 bits per heavy atom. The number of hydrogen-bond donors (Lipinski definition) is 1. The van der Waals surface area contributed by atoms with E-state index in [0.717, 1.165) is 16.8 Å². The molecule has 0 aliphatic rings. The van der Waals surface area contributed by atoms with Crippen LogP contribution in [-0.4, -0.2) is 20.7 Å². The molecule has 4 rings (SSSR count). The van der Waals surface area contributed by atoms with Crippen LogP contribution in [0, 0.1) is 6.92 Å². The van der Waals surface area contributed by atoms with Crippen LogP contribution >= 0.6 is 23.2 Å². The van der Waals surface area contributed by atoms with Crippen molar-refractivity contribution in [2.45, 2.75) is 6.92 Å². The van der Waals surface area contributed by atoms with E-state index in [4.69, 9.17) is 23.2 Å². The summed E-state index contributed by atoms with van der Waals surface area (Å²) in [7, 11) is 0. The second-order valence-electron chi connectivity index (χ2n) is 6.45. The highest BCUT2D eigenvalue weighted by atomic mass is 35.5. The minimum Gasteiger partial charge on any atom is -0.318 e. The van der Waals surface area contributed by atoms with E-state index in [9.17, 15) is 4.79 Å². The lowest BCUT2D eigenvalue weighted by atomic mass is 10.1. The Morgan fingerprint density at radius 2 is 1.69 bits per heavy atom. The molecule has 0 aliphatic heterocycles. The molecule has 0 unspecified atom stereocenters. The minimum absolute atomic E-state index is 0.0374. The second-order valence-corrected chi connectivity index (χ2v) is 7.29. The summed E-state index contributed by atoms with van der Waals surface area (Å²) in [6, 6.07) is 22.3. The van der Waals surface area contributed by atoms with Gasteiger partial charge in [-0.1, -0.05) is 71.2 Å². The number of amides is 1. The van der Waals surface area contributed by atoms with E-state index >= 15 is 0 Å². The van der Waals surface area contributed by atoms with Gasteiger partial charge in [0, 0.05) is 10.6 Å². The van der Waals surface area contributed by atoms with Crippen molar-refractivity contribution < 1.29 is 4.79 Å². The Hall–Kier alpha value is -3.15. The quantitative estimate of drug-likeness (QED) is 0.451. The van der Waals surface area contributed by atoms with Crippen molar-refractivity contribution >= 4 is 34.8 Å². The van der Waals surface area contributed by atoms with Crippen LogP contribution in [0.15, 0.2) is 72.8 Å². The van der Waals surface area contributed by atoms with Crippen molar-refractivity contribution in [3.63, 3.8) is 0 Å². The molecule has 7 heteroatoms. The number of nitrogens with zero attached hydrogens (tertiary/aromatic N) is 3. The van der Waals surface area contributed by atoms with Crippen LogP contribution in [-0.2, 0) is 0 Å². The summed E-state index contributed by atoms with van der Waals surface area (Å²) >= 11 is 12.1. The number of para-hydroxylation sites is 1. The Bertz CT molecular complexity index is 1170. The van der Waals surface area contributed by atoms with Gasteiger partial charge in [-0.05, 0) is 37.3 Å². The van der Waals surface area contributed by atoms with E-state index < -0.39 is 5.91 Å². The van der Waals surface area contributed by atoms with Crippen LogP contribution in [0.3, 0.4) is 0 Å². The normalized spacial score (nSPS) is 10.7. The van der Waals surface area contributed by atoms with E-state index in [1.165, 1.54) is 0 Å². The molecule has 0 aliphatic carbocycles. The molecule has 4 aromatic rings. The SMILES string of the molecule is Cc1ccc(-c2nc(C(=O)Nc3ccc(Cl)cc3Cl)nn2-c2ccccc2)cc1. The predicted octanol–water partition coefficient (Wildman–Crippen LogP) is 5.80. The minimum atomic E-state index is -0.461. The van der Waals surface area contributed by atoms with Gasteiger partial charge in [0.25, 0.3) is 5.91 Å². The van der Waals surface area contributed by atoms with Gasteiger partial charge in [0.15, 0.2) is 5.82 Å². The molecule has 5 nitrogen and oxygen atoms in total. The predicted molar refractivity (Wildman–Crippen MR) is 116 cm³/mol. The summed E-state index contributed by atoms with van der Waals surface area (Å²) in [4.78, 5) is 17.3. The number of benzene rings is 3. The van der Waals surface area contributed by atoms with Gasteiger partial charge in [0.2, 0.25) is 5.82 Å². The topological polar surface area (TPSA) is 59.8 Å². The van der Waals surface area contributed by atoms with Crippen molar-refractivity contribution in [2.75, 3.05) is 5.32 Å². The molecule has 0 saturated heterocycles. The van der Waals surface area contributed by atoms with Gasteiger partial charge in [-0.25, -0.2) is 9.67 Å². The fourth-order valence-electron chi connectivity index (χ4n) is 2.82. The molecule has 0 bridgehead atoms. The zero-order valence-corrected chi connectivity index (χ0v) is 16.9. The number of anilines is 1. The highest BCUT2D eigenvalue weighted by Crippen LogP contribution is 2.26. The lowest BCUT2D eigenvalue weighted by Crippen LogP contribution is -2.14. The van der Waals surface area contributed by atoms with E-state index in [0.29, 0.717) is 21.6 Å². The first-order valence-corrected chi connectivity index (χ1v) is 9.63. The number of halogens is 2. The average Bonchev–Trinajstić information content (AvgIpc) is 3.17. The Balaban J connectivity index is 1.74. The summed E-state index contributed by atoms with van der Waals surface area (Å²) in [5.41, 5.74) is 3.23. The molecule has 0 radical (unpaired) electrons. The van der Waals surface area contributed by atoms with Crippen LogP contribution in [0.1, 0.15) is 16.2 Å². The number of carbonyl (C=O) groups is 1. The summed E-state index contributed by atoms with van der Waals surface area (Å²) in [5.74, 6) is 0.149.